The quantitative estimate of drug-likeness (QED) is 0.182. The summed E-state index contributed by atoms with van der Waals surface area (Å²) in [6.45, 7) is 0. The molecule has 0 saturated heterocycles. The summed E-state index contributed by atoms with van der Waals surface area (Å²) in [6.07, 6.45) is -6.99. The zero-order valence-electron chi connectivity index (χ0n) is 20.4. The van der Waals surface area contributed by atoms with E-state index in [9.17, 15) is 39.5 Å². The molecule has 0 heterocycles. The fourth-order valence-corrected chi connectivity index (χ4v) is 5.84. The Kier molecular flexibility index (Phi) is 9.51. The van der Waals surface area contributed by atoms with Crippen molar-refractivity contribution < 1.29 is 95.4 Å². The third kappa shape index (κ3) is 4.64. The third-order valence-corrected chi connectivity index (χ3v) is 7.45. The maximum absolute atomic E-state index is 15.4. The molecule has 0 nitrogen and oxygen atoms in total. The molecule has 41 heavy (non-hydrogen) atoms. The van der Waals surface area contributed by atoms with E-state index in [2.05, 4.69) is 0 Å². The van der Waals surface area contributed by atoms with Crippen LogP contribution in [0.4, 0.5) is 65.9 Å². The molecule has 1 fully saturated rings. The molecule has 0 N–H and O–H groups in total. The topological polar surface area (TPSA) is 0 Å². The molecule has 0 amide bonds. The van der Waals surface area contributed by atoms with Crippen LogP contribution in [0.2, 0.25) is 5.82 Å². The van der Waals surface area contributed by atoms with Crippen LogP contribution in [0.15, 0.2) is 0 Å². The van der Waals surface area contributed by atoms with E-state index in [1.807, 2.05) is 0 Å². The van der Waals surface area contributed by atoms with Crippen molar-refractivity contribution in [3.8, 4) is 0 Å². The predicted octanol–water partition coefficient (Wildman–Crippen LogP) is 3.58. The van der Waals surface area contributed by atoms with Gasteiger partial charge in [0.1, 0.15) is 41.0 Å². The molecule has 1 saturated carbocycles. The van der Waals surface area contributed by atoms with Crippen molar-refractivity contribution in [2.45, 2.75) is 37.9 Å². The van der Waals surface area contributed by atoms with Crippen LogP contribution in [0.25, 0.3) is 0 Å². The van der Waals surface area contributed by atoms with Gasteiger partial charge in [-0.3, -0.25) is 0 Å². The van der Waals surface area contributed by atoms with Gasteiger partial charge < -0.3 is 0 Å². The largest absolute Gasteiger partial charge is 1.00 e. The predicted molar refractivity (Wildman–Crippen MR) is 110 cm³/mol. The molecule has 0 aliphatic heterocycles. The van der Waals surface area contributed by atoms with Crippen LogP contribution < -0.4 is 45.9 Å². The summed E-state index contributed by atoms with van der Waals surface area (Å²) in [4.78, 5) is 0. The minimum Gasteiger partial charge on any atom is -0.207 e. The summed E-state index contributed by atoms with van der Waals surface area (Å²) in [6, 6.07) is 0. The standard InChI is InChI=1S/C24H11BF15.Na/c26-10-7(11(27)17(33)22(38)16(10)32)25(6-4-2-1-3-5-6,8-12(28)18(34)23(39)19(35)13(8)29)9-14(30)20(36)24(40)21(37)15(9)31;/h6H,1-5H2;/q-1;+1. The van der Waals surface area contributed by atoms with E-state index in [1.54, 1.807) is 0 Å². The first kappa shape index (κ1) is 33.2. The molecule has 0 unspecified atom stereocenters. The van der Waals surface area contributed by atoms with Crippen molar-refractivity contribution in [2.75, 3.05) is 0 Å². The summed E-state index contributed by atoms with van der Waals surface area (Å²) in [5.74, 6) is -46.5. The Hall–Kier alpha value is -2.33. The van der Waals surface area contributed by atoms with E-state index in [0.717, 1.165) is 0 Å². The van der Waals surface area contributed by atoms with Gasteiger partial charge in [0.15, 0.2) is 52.4 Å². The minimum atomic E-state index is -5.44. The SMILES string of the molecule is Fc1c(F)c(F)c([B-](c2c(F)c(F)c(F)c(F)c2F)(c2c(F)c(F)c(F)c(F)c2F)C2CCCCC2)c(F)c1F.[Na+]. The van der Waals surface area contributed by atoms with E-state index >= 15 is 26.3 Å². The van der Waals surface area contributed by atoms with Gasteiger partial charge in [-0.25, -0.2) is 65.9 Å². The zero-order chi connectivity index (χ0) is 30.0. The van der Waals surface area contributed by atoms with Crippen LogP contribution >= 0.6 is 0 Å². The van der Waals surface area contributed by atoms with Crippen LogP contribution in [0, 0.1) is 87.3 Å². The average Bonchev–Trinajstić information content (AvgIpc) is 2.95. The fourth-order valence-electron chi connectivity index (χ4n) is 5.84. The molecule has 0 atom stereocenters. The molecular weight excluding hydrogens is 607 g/mol. The average molecular weight is 618 g/mol. The van der Waals surface area contributed by atoms with Crippen molar-refractivity contribution in [1.82, 2.24) is 0 Å². The molecule has 3 aromatic rings. The first-order valence-electron chi connectivity index (χ1n) is 11.4. The number of halogens is 15. The van der Waals surface area contributed by atoms with Gasteiger partial charge in [0.2, 0.25) is 0 Å². The van der Waals surface area contributed by atoms with Crippen molar-refractivity contribution >= 4 is 22.5 Å². The fraction of sp³-hybridized carbons (Fsp3) is 0.250. The molecule has 0 bridgehead atoms. The Morgan fingerprint density at radius 3 is 0.732 bits per heavy atom. The monoisotopic (exact) mass is 618 g/mol. The van der Waals surface area contributed by atoms with Gasteiger partial charge in [-0.1, -0.05) is 32.1 Å². The maximum Gasteiger partial charge on any atom is 1.00 e. The zero-order valence-corrected chi connectivity index (χ0v) is 22.4. The van der Waals surface area contributed by atoms with Crippen LogP contribution in [0.1, 0.15) is 32.1 Å². The molecule has 0 aromatic heterocycles. The summed E-state index contributed by atoms with van der Waals surface area (Å²) >= 11 is 0. The summed E-state index contributed by atoms with van der Waals surface area (Å²) in [5, 5.41) is 0. The number of rotatable bonds is 4. The van der Waals surface area contributed by atoms with Gasteiger partial charge in [0.25, 0.3) is 0 Å². The van der Waals surface area contributed by atoms with Gasteiger partial charge in [-0.05, 0) is 0 Å². The smallest absolute Gasteiger partial charge is 0.207 e. The number of hydrogen-bond donors (Lipinski definition) is 0. The molecule has 4 rings (SSSR count). The van der Waals surface area contributed by atoms with E-state index < -0.39 is 128 Å². The molecule has 1 aliphatic carbocycles. The van der Waals surface area contributed by atoms with E-state index in [-0.39, 0.29) is 48.8 Å². The van der Waals surface area contributed by atoms with Gasteiger partial charge in [0.05, 0.1) is 0 Å². The van der Waals surface area contributed by atoms with Crippen LogP contribution in [-0.4, -0.2) is 6.15 Å². The summed E-state index contributed by atoms with van der Waals surface area (Å²) in [5.41, 5.74) is -7.56. The molecule has 0 spiro atoms. The summed E-state index contributed by atoms with van der Waals surface area (Å²) < 4.78 is 221. The normalized spacial score (nSPS) is 14.4. The Bertz CT molecular complexity index is 1300. The van der Waals surface area contributed by atoms with Crippen molar-refractivity contribution in [3.63, 3.8) is 0 Å². The Balaban J connectivity index is 0.00000462. The van der Waals surface area contributed by atoms with E-state index in [4.69, 9.17) is 0 Å². The number of benzene rings is 3. The Labute approximate surface area is 242 Å². The second kappa shape index (κ2) is 11.7. The van der Waals surface area contributed by atoms with Gasteiger partial charge in [-0.2, -0.15) is 5.82 Å². The van der Waals surface area contributed by atoms with Crippen LogP contribution in [-0.2, 0) is 0 Å². The second-order valence-corrected chi connectivity index (χ2v) is 9.28. The first-order chi connectivity index (χ1) is 18.6. The molecule has 0 radical (unpaired) electrons. The molecule has 216 valence electrons. The Morgan fingerprint density at radius 1 is 0.317 bits per heavy atom. The maximum atomic E-state index is 15.4. The minimum absolute atomic E-state index is 0. The molecule has 1 aliphatic rings. The van der Waals surface area contributed by atoms with Crippen molar-refractivity contribution in [1.29, 1.82) is 0 Å². The summed E-state index contributed by atoms with van der Waals surface area (Å²) in [7, 11) is 0. The molecule has 17 heteroatoms. The molecular formula is C24H11BF15Na. The van der Waals surface area contributed by atoms with Crippen molar-refractivity contribution in [2.24, 2.45) is 0 Å². The molecule has 3 aromatic carbocycles. The van der Waals surface area contributed by atoms with E-state index in [0.29, 0.717) is 0 Å². The third-order valence-electron chi connectivity index (χ3n) is 7.45. The van der Waals surface area contributed by atoms with Gasteiger partial charge in [0, 0.05) is 0 Å². The van der Waals surface area contributed by atoms with Crippen molar-refractivity contribution in [3.05, 3.63) is 87.3 Å². The van der Waals surface area contributed by atoms with Crippen LogP contribution in [0.5, 0.6) is 0 Å². The van der Waals surface area contributed by atoms with E-state index in [1.165, 1.54) is 0 Å². The second-order valence-electron chi connectivity index (χ2n) is 9.28. The Morgan fingerprint density at radius 2 is 0.512 bits per heavy atom. The first-order valence-corrected chi connectivity index (χ1v) is 11.4. The van der Waals surface area contributed by atoms with Gasteiger partial charge in [-0.15, -0.1) is 16.4 Å². The van der Waals surface area contributed by atoms with Crippen LogP contribution in [0.3, 0.4) is 0 Å². The number of hydrogen-bond acceptors (Lipinski definition) is 0. The van der Waals surface area contributed by atoms with Gasteiger partial charge >= 0.3 is 29.6 Å².